The predicted octanol–water partition coefficient (Wildman–Crippen LogP) is 2.74. The standard InChI is InChI=1S/C12H14N2O2S.BrH/c15-12-10(9-3-6-17-7-9)11(16-14-12)8-1-4-13-5-2-8;/h3,6-8,13H,1-2,4-5H2,(H,14,15);1H. The molecule has 2 aromatic heterocycles. The zero-order chi connectivity index (χ0) is 11.7. The lowest BCUT2D eigenvalue weighted by molar-refractivity contribution is 0.326. The Morgan fingerprint density at radius 3 is 2.78 bits per heavy atom. The molecular weight excluding hydrogens is 316 g/mol. The maximum Gasteiger partial charge on any atom is 0.288 e. The summed E-state index contributed by atoms with van der Waals surface area (Å²) < 4.78 is 5.40. The van der Waals surface area contributed by atoms with Gasteiger partial charge in [0.2, 0.25) is 0 Å². The summed E-state index contributed by atoms with van der Waals surface area (Å²) in [7, 11) is 0. The second-order valence-electron chi connectivity index (χ2n) is 4.31. The van der Waals surface area contributed by atoms with Crippen LogP contribution in [0.1, 0.15) is 24.5 Å². The van der Waals surface area contributed by atoms with Crippen molar-refractivity contribution in [3.05, 3.63) is 32.9 Å². The van der Waals surface area contributed by atoms with E-state index in [-0.39, 0.29) is 22.5 Å². The van der Waals surface area contributed by atoms with Crippen molar-refractivity contribution in [2.45, 2.75) is 18.8 Å². The van der Waals surface area contributed by atoms with Crippen LogP contribution in [0.2, 0.25) is 0 Å². The molecule has 0 saturated carbocycles. The van der Waals surface area contributed by atoms with Gasteiger partial charge in [0.1, 0.15) is 5.76 Å². The maximum atomic E-state index is 11.8. The molecule has 0 atom stereocenters. The van der Waals surface area contributed by atoms with Crippen LogP contribution < -0.4 is 10.9 Å². The van der Waals surface area contributed by atoms with E-state index in [9.17, 15) is 4.79 Å². The Balaban J connectivity index is 0.00000120. The quantitative estimate of drug-likeness (QED) is 0.890. The van der Waals surface area contributed by atoms with E-state index in [0.717, 1.165) is 42.8 Å². The molecule has 0 spiro atoms. The molecule has 18 heavy (non-hydrogen) atoms. The highest BCUT2D eigenvalue weighted by atomic mass is 79.9. The molecule has 0 aliphatic carbocycles. The Kier molecular flexibility index (Phi) is 4.42. The number of hydrogen-bond acceptors (Lipinski definition) is 4. The zero-order valence-electron chi connectivity index (χ0n) is 9.77. The summed E-state index contributed by atoms with van der Waals surface area (Å²) in [5.41, 5.74) is 1.58. The van der Waals surface area contributed by atoms with E-state index in [1.807, 2.05) is 16.8 Å². The first-order valence-electron chi connectivity index (χ1n) is 5.81. The summed E-state index contributed by atoms with van der Waals surface area (Å²) in [4.78, 5) is 11.8. The maximum absolute atomic E-state index is 11.8. The Labute approximate surface area is 119 Å². The van der Waals surface area contributed by atoms with Crippen LogP contribution in [0.25, 0.3) is 11.1 Å². The number of halogens is 1. The second-order valence-corrected chi connectivity index (χ2v) is 5.09. The van der Waals surface area contributed by atoms with Gasteiger partial charge in [0.25, 0.3) is 5.56 Å². The van der Waals surface area contributed by atoms with Gasteiger partial charge in [0, 0.05) is 11.5 Å². The zero-order valence-corrected chi connectivity index (χ0v) is 12.3. The minimum Gasteiger partial charge on any atom is -0.383 e. The molecule has 6 heteroatoms. The lowest BCUT2D eigenvalue weighted by Gasteiger charge is -2.20. The first-order valence-corrected chi connectivity index (χ1v) is 6.75. The fraction of sp³-hybridized carbons (Fsp3) is 0.417. The molecule has 0 radical (unpaired) electrons. The molecule has 2 aromatic rings. The lowest BCUT2D eigenvalue weighted by Crippen LogP contribution is -2.26. The van der Waals surface area contributed by atoms with Crippen molar-refractivity contribution in [3.63, 3.8) is 0 Å². The number of thiophene rings is 1. The number of aromatic nitrogens is 1. The van der Waals surface area contributed by atoms with E-state index < -0.39 is 0 Å². The highest BCUT2D eigenvalue weighted by Gasteiger charge is 2.25. The van der Waals surface area contributed by atoms with E-state index in [2.05, 4.69) is 10.5 Å². The number of H-pyrrole nitrogens is 1. The summed E-state index contributed by atoms with van der Waals surface area (Å²) in [6.45, 7) is 1.98. The highest BCUT2D eigenvalue weighted by Crippen LogP contribution is 2.32. The largest absolute Gasteiger partial charge is 0.383 e. The molecule has 3 rings (SSSR count). The Bertz CT molecular complexity index is 541. The summed E-state index contributed by atoms with van der Waals surface area (Å²) in [6, 6.07) is 1.97. The SMILES string of the molecule is Br.O=c1[nH]oc(C2CCNCC2)c1-c1ccsc1. The van der Waals surface area contributed by atoms with Crippen molar-refractivity contribution in [1.29, 1.82) is 0 Å². The molecule has 0 bridgehead atoms. The summed E-state index contributed by atoms with van der Waals surface area (Å²) in [5.74, 6) is 1.18. The van der Waals surface area contributed by atoms with Gasteiger partial charge in [-0.15, -0.1) is 17.0 Å². The van der Waals surface area contributed by atoms with Crippen molar-refractivity contribution in [2.24, 2.45) is 0 Å². The smallest absolute Gasteiger partial charge is 0.288 e. The molecule has 0 aromatic carbocycles. The van der Waals surface area contributed by atoms with Gasteiger partial charge in [0.05, 0.1) is 5.56 Å². The van der Waals surface area contributed by atoms with Gasteiger partial charge in [-0.3, -0.25) is 4.79 Å². The molecular formula is C12H15BrN2O2S. The molecule has 2 N–H and O–H groups in total. The summed E-state index contributed by atoms with van der Waals surface area (Å²) >= 11 is 1.60. The average molecular weight is 331 g/mol. The summed E-state index contributed by atoms with van der Waals surface area (Å²) in [6.07, 6.45) is 2.05. The Morgan fingerprint density at radius 2 is 2.11 bits per heavy atom. The van der Waals surface area contributed by atoms with Gasteiger partial charge in [-0.1, -0.05) is 0 Å². The predicted molar refractivity (Wildman–Crippen MR) is 77.8 cm³/mol. The van der Waals surface area contributed by atoms with Gasteiger partial charge >= 0.3 is 0 Å². The Morgan fingerprint density at radius 1 is 1.33 bits per heavy atom. The van der Waals surface area contributed by atoms with E-state index in [0.29, 0.717) is 5.92 Å². The third-order valence-corrected chi connectivity index (χ3v) is 3.93. The normalized spacial score (nSPS) is 16.4. The second kappa shape index (κ2) is 5.86. The van der Waals surface area contributed by atoms with E-state index >= 15 is 0 Å². The highest BCUT2D eigenvalue weighted by molar-refractivity contribution is 8.93. The first-order chi connectivity index (χ1) is 8.36. The number of nitrogens with one attached hydrogen (secondary N) is 2. The Hall–Kier alpha value is -0.850. The topological polar surface area (TPSA) is 58.0 Å². The molecule has 1 fully saturated rings. The molecule has 3 heterocycles. The minimum atomic E-state index is -0.114. The fourth-order valence-corrected chi connectivity index (χ4v) is 3.01. The van der Waals surface area contributed by atoms with Crippen molar-refractivity contribution in [3.8, 4) is 11.1 Å². The average Bonchev–Trinajstić information content (AvgIpc) is 2.99. The van der Waals surface area contributed by atoms with Crippen LogP contribution in [-0.2, 0) is 0 Å². The molecule has 1 aliphatic rings. The van der Waals surface area contributed by atoms with Crippen molar-refractivity contribution < 1.29 is 4.52 Å². The number of hydrogen-bond donors (Lipinski definition) is 2. The van der Waals surface area contributed by atoms with Gasteiger partial charge in [-0.05, 0) is 42.8 Å². The number of piperidine rings is 1. The van der Waals surface area contributed by atoms with Gasteiger partial charge in [-0.25, -0.2) is 0 Å². The number of aromatic amines is 1. The summed E-state index contributed by atoms with van der Waals surface area (Å²) in [5, 5.41) is 9.76. The molecule has 1 aliphatic heterocycles. The van der Waals surface area contributed by atoms with E-state index in [1.54, 1.807) is 11.3 Å². The molecule has 0 amide bonds. The molecule has 98 valence electrons. The fourth-order valence-electron chi connectivity index (χ4n) is 2.37. The molecule has 1 saturated heterocycles. The van der Waals surface area contributed by atoms with Crippen LogP contribution >= 0.6 is 28.3 Å². The monoisotopic (exact) mass is 330 g/mol. The molecule has 4 nitrogen and oxygen atoms in total. The van der Waals surface area contributed by atoms with Gasteiger partial charge < -0.3 is 9.84 Å². The third-order valence-electron chi connectivity index (χ3n) is 3.25. The minimum absolute atomic E-state index is 0. The van der Waals surface area contributed by atoms with Crippen molar-refractivity contribution in [2.75, 3.05) is 13.1 Å². The molecule has 0 unspecified atom stereocenters. The third kappa shape index (κ3) is 2.46. The van der Waals surface area contributed by atoms with Crippen LogP contribution in [0, 0.1) is 0 Å². The van der Waals surface area contributed by atoms with E-state index in [1.165, 1.54) is 0 Å². The van der Waals surface area contributed by atoms with Gasteiger partial charge in [-0.2, -0.15) is 16.5 Å². The van der Waals surface area contributed by atoms with Crippen LogP contribution in [0.15, 0.2) is 26.1 Å². The van der Waals surface area contributed by atoms with Crippen LogP contribution in [-0.4, -0.2) is 18.2 Å². The first kappa shape index (κ1) is 13.6. The van der Waals surface area contributed by atoms with E-state index in [4.69, 9.17) is 4.52 Å². The van der Waals surface area contributed by atoms with Crippen LogP contribution in [0.5, 0.6) is 0 Å². The van der Waals surface area contributed by atoms with Gasteiger partial charge in [0.15, 0.2) is 0 Å². The number of rotatable bonds is 2. The van der Waals surface area contributed by atoms with Crippen molar-refractivity contribution >= 4 is 28.3 Å². The van der Waals surface area contributed by atoms with Crippen molar-refractivity contribution in [1.82, 2.24) is 10.5 Å². The lowest BCUT2D eigenvalue weighted by atomic mass is 9.92. The van der Waals surface area contributed by atoms with Crippen LogP contribution in [0.4, 0.5) is 0 Å². The van der Waals surface area contributed by atoms with Crippen LogP contribution in [0.3, 0.4) is 0 Å².